The molecule has 0 aromatic heterocycles. The van der Waals surface area contributed by atoms with Crippen LogP contribution >= 0.6 is 0 Å². The van der Waals surface area contributed by atoms with Gasteiger partial charge in [0.2, 0.25) is 0 Å². The van der Waals surface area contributed by atoms with Gasteiger partial charge < -0.3 is 25.3 Å². The van der Waals surface area contributed by atoms with Crippen molar-refractivity contribution in [3.63, 3.8) is 0 Å². The number of nitrogens with two attached hydrogens (primary N) is 1. The first kappa shape index (κ1) is 16.5. The molecule has 20 heavy (non-hydrogen) atoms. The lowest BCUT2D eigenvalue weighted by Crippen LogP contribution is -2.13. The number of anilines is 2. The van der Waals surface area contributed by atoms with Gasteiger partial charge in [0.1, 0.15) is 0 Å². The number of ether oxygens (including phenoxy) is 3. The maximum atomic E-state index is 13.6. The number of nitrogens with one attached hydrogen (secondary N) is 1. The maximum Gasteiger partial charge on any atom is 0.167 e. The largest absolute Gasteiger partial charge is 0.488 e. The highest BCUT2D eigenvalue weighted by molar-refractivity contribution is 5.68. The Balaban J connectivity index is 2.52. The number of methoxy groups -OCH3 is 1. The van der Waals surface area contributed by atoms with Crippen molar-refractivity contribution < 1.29 is 18.6 Å². The normalized spacial score (nSPS) is 10.8. The van der Waals surface area contributed by atoms with Crippen molar-refractivity contribution in [1.29, 1.82) is 0 Å². The van der Waals surface area contributed by atoms with Crippen LogP contribution in [0.15, 0.2) is 12.1 Å². The summed E-state index contributed by atoms with van der Waals surface area (Å²) in [7, 11) is 1.62. The number of hydrogen-bond donors (Lipinski definition) is 2. The minimum absolute atomic E-state index is 0.0987. The number of rotatable bonds is 9. The Morgan fingerprint density at radius 3 is 2.65 bits per heavy atom. The molecule has 0 aliphatic rings. The lowest BCUT2D eigenvalue weighted by molar-refractivity contribution is 0.0759. The van der Waals surface area contributed by atoms with E-state index in [1.54, 1.807) is 13.2 Å². The molecule has 3 N–H and O–H groups in total. The highest BCUT2D eigenvalue weighted by Gasteiger charge is 2.10. The van der Waals surface area contributed by atoms with Crippen molar-refractivity contribution in [2.45, 2.75) is 20.0 Å². The SMILES string of the molecule is COCCOCCNc1cc(OC(C)C)c(F)cc1N. The van der Waals surface area contributed by atoms with Gasteiger partial charge in [-0.25, -0.2) is 4.39 Å². The first-order chi connectivity index (χ1) is 9.54. The lowest BCUT2D eigenvalue weighted by atomic mass is 10.2. The fourth-order valence-electron chi connectivity index (χ4n) is 1.57. The first-order valence-electron chi connectivity index (χ1n) is 6.60. The van der Waals surface area contributed by atoms with Crippen molar-refractivity contribution >= 4 is 11.4 Å². The Hall–Kier alpha value is -1.53. The molecule has 0 atom stereocenters. The minimum atomic E-state index is -0.460. The molecule has 114 valence electrons. The van der Waals surface area contributed by atoms with Crippen LogP contribution in [0, 0.1) is 5.82 Å². The molecule has 0 radical (unpaired) electrons. The van der Waals surface area contributed by atoms with E-state index in [2.05, 4.69) is 5.32 Å². The zero-order valence-electron chi connectivity index (χ0n) is 12.2. The highest BCUT2D eigenvalue weighted by atomic mass is 19.1. The Labute approximate surface area is 119 Å². The molecule has 0 aliphatic carbocycles. The van der Waals surface area contributed by atoms with Crippen LogP contribution < -0.4 is 15.8 Å². The molecule has 1 aromatic rings. The molecule has 0 saturated carbocycles. The van der Waals surface area contributed by atoms with Crippen LogP contribution in [0.1, 0.15) is 13.8 Å². The highest BCUT2D eigenvalue weighted by Crippen LogP contribution is 2.28. The van der Waals surface area contributed by atoms with Gasteiger partial charge in [0, 0.05) is 25.8 Å². The molecule has 0 aliphatic heterocycles. The van der Waals surface area contributed by atoms with Gasteiger partial charge in [-0.3, -0.25) is 0 Å². The van der Waals surface area contributed by atoms with Crippen molar-refractivity contribution in [3.05, 3.63) is 17.9 Å². The van der Waals surface area contributed by atoms with Gasteiger partial charge in [0.05, 0.1) is 37.3 Å². The number of hydrogen-bond acceptors (Lipinski definition) is 5. The van der Waals surface area contributed by atoms with Crippen LogP contribution in [0.4, 0.5) is 15.8 Å². The Kier molecular flexibility index (Phi) is 7.11. The monoisotopic (exact) mass is 286 g/mol. The second kappa shape index (κ2) is 8.60. The van der Waals surface area contributed by atoms with Crippen molar-refractivity contribution in [3.8, 4) is 5.75 Å². The van der Waals surface area contributed by atoms with E-state index in [0.29, 0.717) is 37.7 Å². The second-order valence-corrected chi connectivity index (χ2v) is 4.57. The summed E-state index contributed by atoms with van der Waals surface area (Å²) >= 11 is 0. The molecular formula is C14H23FN2O3. The fraction of sp³-hybridized carbons (Fsp3) is 0.571. The van der Waals surface area contributed by atoms with E-state index < -0.39 is 5.82 Å². The molecule has 0 amide bonds. The van der Waals surface area contributed by atoms with Crippen molar-refractivity contribution in [2.75, 3.05) is 44.5 Å². The van der Waals surface area contributed by atoms with E-state index in [1.165, 1.54) is 6.07 Å². The number of benzene rings is 1. The van der Waals surface area contributed by atoms with Gasteiger partial charge in [0.25, 0.3) is 0 Å². The third kappa shape index (κ3) is 5.63. The zero-order chi connectivity index (χ0) is 15.0. The van der Waals surface area contributed by atoms with Gasteiger partial charge in [-0.05, 0) is 13.8 Å². The summed E-state index contributed by atoms with van der Waals surface area (Å²) in [6.07, 6.45) is -0.0987. The maximum absolute atomic E-state index is 13.6. The third-order valence-corrected chi connectivity index (χ3v) is 2.46. The summed E-state index contributed by atoms with van der Waals surface area (Å²) in [6, 6.07) is 2.83. The van der Waals surface area contributed by atoms with Crippen LogP contribution in [-0.2, 0) is 9.47 Å². The van der Waals surface area contributed by atoms with Crippen LogP contribution in [-0.4, -0.2) is 39.6 Å². The van der Waals surface area contributed by atoms with E-state index in [4.69, 9.17) is 19.9 Å². The smallest absolute Gasteiger partial charge is 0.167 e. The van der Waals surface area contributed by atoms with E-state index in [9.17, 15) is 4.39 Å². The number of nitrogen functional groups attached to an aromatic ring is 1. The first-order valence-corrected chi connectivity index (χ1v) is 6.60. The summed E-state index contributed by atoms with van der Waals surface area (Å²) in [5.74, 6) is -0.268. The molecule has 0 heterocycles. The van der Waals surface area contributed by atoms with Crippen LogP contribution in [0.2, 0.25) is 0 Å². The van der Waals surface area contributed by atoms with Gasteiger partial charge >= 0.3 is 0 Å². The van der Waals surface area contributed by atoms with Crippen LogP contribution in [0.25, 0.3) is 0 Å². The van der Waals surface area contributed by atoms with E-state index in [0.717, 1.165) is 0 Å². The van der Waals surface area contributed by atoms with Crippen LogP contribution in [0.5, 0.6) is 5.75 Å². The molecule has 6 heteroatoms. The molecule has 5 nitrogen and oxygen atoms in total. The standard InChI is InChI=1S/C14H23FN2O3/c1-10(2)20-14-9-13(12(16)8-11(14)15)17-4-5-19-7-6-18-3/h8-10,17H,4-7,16H2,1-3H3. The van der Waals surface area contributed by atoms with E-state index in [1.807, 2.05) is 13.8 Å². The predicted molar refractivity (Wildman–Crippen MR) is 77.8 cm³/mol. The molecule has 0 saturated heterocycles. The number of halogens is 1. The zero-order valence-corrected chi connectivity index (χ0v) is 12.2. The van der Waals surface area contributed by atoms with Gasteiger partial charge in [-0.2, -0.15) is 0 Å². The molecule has 1 rings (SSSR count). The van der Waals surface area contributed by atoms with Gasteiger partial charge in [0.15, 0.2) is 11.6 Å². The average molecular weight is 286 g/mol. The molecule has 1 aromatic carbocycles. The lowest BCUT2D eigenvalue weighted by Gasteiger charge is -2.15. The summed E-state index contributed by atoms with van der Waals surface area (Å²) in [6.45, 7) is 5.87. The molecule has 0 fully saturated rings. The Bertz CT molecular complexity index is 414. The summed E-state index contributed by atoms with van der Waals surface area (Å²) < 4.78 is 29.2. The summed E-state index contributed by atoms with van der Waals surface area (Å²) in [5, 5.41) is 3.09. The molecule has 0 unspecified atom stereocenters. The van der Waals surface area contributed by atoms with E-state index >= 15 is 0 Å². The topological polar surface area (TPSA) is 65.7 Å². The average Bonchev–Trinajstić information content (AvgIpc) is 2.38. The molecular weight excluding hydrogens is 263 g/mol. The molecule has 0 bridgehead atoms. The van der Waals surface area contributed by atoms with Crippen LogP contribution in [0.3, 0.4) is 0 Å². The third-order valence-electron chi connectivity index (χ3n) is 2.46. The second-order valence-electron chi connectivity index (χ2n) is 4.57. The van der Waals surface area contributed by atoms with E-state index in [-0.39, 0.29) is 11.9 Å². The van der Waals surface area contributed by atoms with Crippen molar-refractivity contribution in [1.82, 2.24) is 0 Å². The summed E-state index contributed by atoms with van der Waals surface area (Å²) in [5.41, 5.74) is 6.74. The Morgan fingerprint density at radius 1 is 1.25 bits per heavy atom. The molecule has 0 spiro atoms. The fourth-order valence-corrected chi connectivity index (χ4v) is 1.57. The van der Waals surface area contributed by atoms with Gasteiger partial charge in [-0.15, -0.1) is 0 Å². The quantitative estimate of drug-likeness (QED) is 0.538. The predicted octanol–water partition coefficient (Wildman–Crippen LogP) is 2.27. The van der Waals surface area contributed by atoms with Gasteiger partial charge in [-0.1, -0.05) is 0 Å². The summed E-state index contributed by atoms with van der Waals surface area (Å²) in [4.78, 5) is 0. The minimum Gasteiger partial charge on any atom is -0.488 e. The van der Waals surface area contributed by atoms with Crippen molar-refractivity contribution in [2.24, 2.45) is 0 Å². The Morgan fingerprint density at radius 2 is 2.00 bits per heavy atom.